The first-order valence-electron chi connectivity index (χ1n) is 11.3. The van der Waals surface area contributed by atoms with Gasteiger partial charge in [0, 0.05) is 11.7 Å². The van der Waals surface area contributed by atoms with Crippen LogP contribution in [0.15, 0.2) is 58.3 Å². The van der Waals surface area contributed by atoms with Gasteiger partial charge in [-0.2, -0.15) is 0 Å². The quantitative estimate of drug-likeness (QED) is 0.505. The van der Waals surface area contributed by atoms with E-state index in [0.29, 0.717) is 27.8 Å². The highest BCUT2D eigenvalue weighted by Gasteiger charge is 2.40. The van der Waals surface area contributed by atoms with Gasteiger partial charge in [-0.25, -0.2) is 8.42 Å². The molecule has 1 atom stereocenters. The van der Waals surface area contributed by atoms with Gasteiger partial charge in [-0.15, -0.1) is 0 Å². The van der Waals surface area contributed by atoms with Crippen LogP contribution >= 0.6 is 11.8 Å². The second-order valence-electron chi connectivity index (χ2n) is 8.59. The topological polar surface area (TPSA) is 92.8 Å². The number of hydrogen-bond donors (Lipinski definition) is 1. The largest absolute Gasteiger partial charge is 0.497 e. The minimum Gasteiger partial charge on any atom is -0.497 e. The summed E-state index contributed by atoms with van der Waals surface area (Å²) in [6.07, 6.45) is 7.30. The minimum absolute atomic E-state index is 0.103. The van der Waals surface area contributed by atoms with Crippen molar-refractivity contribution in [2.45, 2.75) is 50.0 Å². The molecule has 1 saturated carbocycles. The third-order valence-corrected chi connectivity index (χ3v) is 8.67. The molecule has 1 aliphatic heterocycles. The zero-order valence-electron chi connectivity index (χ0n) is 19.2. The van der Waals surface area contributed by atoms with Crippen molar-refractivity contribution in [3.63, 3.8) is 0 Å². The number of carbonyl (C=O) groups excluding carboxylic acids is 2. The van der Waals surface area contributed by atoms with E-state index in [2.05, 4.69) is 4.72 Å². The maximum absolute atomic E-state index is 13.0. The summed E-state index contributed by atoms with van der Waals surface area (Å²) < 4.78 is 32.8. The summed E-state index contributed by atoms with van der Waals surface area (Å²) in [7, 11) is -2.23. The van der Waals surface area contributed by atoms with Gasteiger partial charge in [0.1, 0.15) is 5.75 Å². The fraction of sp³-hybridized carbons (Fsp3) is 0.360. The smallest absolute Gasteiger partial charge is 0.293 e. The summed E-state index contributed by atoms with van der Waals surface area (Å²) in [6.45, 7) is 1.97. The van der Waals surface area contributed by atoms with Crippen LogP contribution in [-0.2, 0) is 14.8 Å². The summed E-state index contributed by atoms with van der Waals surface area (Å²) in [4.78, 5) is 27.5. The highest BCUT2D eigenvalue weighted by atomic mass is 32.2. The first-order valence-corrected chi connectivity index (χ1v) is 13.6. The normalized spacial score (nSPS) is 19.5. The summed E-state index contributed by atoms with van der Waals surface area (Å²) in [5.74, 6) is 0.679. The molecule has 9 heteroatoms. The molecular formula is C25H28N2O5S2. The maximum atomic E-state index is 13.0. The molecule has 2 aromatic carbocycles. The average molecular weight is 501 g/mol. The molecule has 180 valence electrons. The zero-order valence-corrected chi connectivity index (χ0v) is 20.8. The van der Waals surface area contributed by atoms with Gasteiger partial charge in [-0.05, 0) is 85.5 Å². The molecule has 0 radical (unpaired) electrons. The first kappa shape index (κ1) is 24.3. The molecule has 0 spiro atoms. The Morgan fingerprint density at radius 2 is 1.68 bits per heavy atom. The van der Waals surface area contributed by atoms with Crippen molar-refractivity contribution in [2.75, 3.05) is 11.8 Å². The maximum Gasteiger partial charge on any atom is 0.293 e. The second-order valence-corrected chi connectivity index (χ2v) is 11.3. The highest BCUT2D eigenvalue weighted by molar-refractivity contribution is 8.18. The number of carbonyl (C=O) groups is 2. The van der Waals surface area contributed by atoms with E-state index in [-0.39, 0.29) is 22.1 Å². The molecule has 2 fully saturated rings. The van der Waals surface area contributed by atoms with E-state index < -0.39 is 10.0 Å². The first-order chi connectivity index (χ1) is 16.3. The van der Waals surface area contributed by atoms with Crippen molar-refractivity contribution in [3.8, 4) is 5.75 Å². The molecule has 1 N–H and O–H groups in total. The molecule has 1 saturated heterocycles. The summed E-state index contributed by atoms with van der Waals surface area (Å²) in [6, 6.07) is 12.7. The predicted octanol–water partition coefficient (Wildman–Crippen LogP) is 5.50. The van der Waals surface area contributed by atoms with Gasteiger partial charge in [0.15, 0.2) is 0 Å². The molecular weight excluding hydrogens is 472 g/mol. The number of nitrogens with one attached hydrogen (secondary N) is 1. The van der Waals surface area contributed by atoms with Crippen LogP contribution < -0.4 is 9.46 Å². The second kappa shape index (κ2) is 10.2. The number of methoxy groups -OCH3 is 1. The number of benzene rings is 2. The Morgan fingerprint density at radius 1 is 1.03 bits per heavy atom. The van der Waals surface area contributed by atoms with Gasteiger partial charge in [0.25, 0.3) is 21.2 Å². The summed E-state index contributed by atoms with van der Waals surface area (Å²) in [5.41, 5.74) is 1.11. The van der Waals surface area contributed by atoms with Crippen LogP contribution in [-0.4, -0.2) is 37.6 Å². The van der Waals surface area contributed by atoms with Crippen LogP contribution in [0.2, 0.25) is 0 Å². The van der Waals surface area contributed by atoms with Crippen LogP contribution in [0.1, 0.15) is 44.6 Å². The van der Waals surface area contributed by atoms with Gasteiger partial charge in [0.2, 0.25) is 0 Å². The molecule has 7 nitrogen and oxygen atoms in total. The van der Waals surface area contributed by atoms with E-state index in [1.165, 1.54) is 30.6 Å². The lowest BCUT2D eigenvalue weighted by molar-refractivity contribution is -0.125. The standard InChI is InChI=1S/C25H28N2O5S2/c1-17(19-6-4-3-5-7-19)27-24(28)23(33-25(27)29)16-18-8-10-20(11-9-18)26-34(30,31)22-14-12-21(32-2)13-15-22/h8-17,19,26H,3-7H2,1-2H3. The Kier molecular flexibility index (Phi) is 7.33. The SMILES string of the molecule is COc1ccc(S(=O)(=O)Nc2ccc(C=C3SC(=O)N(C(C)C4CCCCC4)C3=O)cc2)cc1. The van der Waals surface area contributed by atoms with Gasteiger partial charge in [-0.3, -0.25) is 19.2 Å². The molecule has 2 amide bonds. The van der Waals surface area contributed by atoms with E-state index in [1.807, 2.05) is 6.92 Å². The van der Waals surface area contributed by atoms with Gasteiger partial charge in [0.05, 0.1) is 16.9 Å². The lowest BCUT2D eigenvalue weighted by Crippen LogP contribution is -2.42. The molecule has 4 rings (SSSR count). The number of imide groups is 1. The van der Waals surface area contributed by atoms with E-state index in [1.54, 1.807) is 42.5 Å². The molecule has 34 heavy (non-hydrogen) atoms. The van der Waals surface area contributed by atoms with E-state index in [9.17, 15) is 18.0 Å². The Balaban J connectivity index is 1.44. The number of ether oxygens (including phenoxy) is 1. The molecule has 0 aromatic heterocycles. The van der Waals surface area contributed by atoms with Crippen LogP contribution in [0.4, 0.5) is 10.5 Å². The number of thioether (sulfide) groups is 1. The van der Waals surface area contributed by atoms with Crippen molar-refractivity contribution < 1.29 is 22.7 Å². The summed E-state index contributed by atoms with van der Waals surface area (Å²) >= 11 is 0.960. The monoisotopic (exact) mass is 500 g/mol. The number of hydrogen-bond acceptors (Lipinski definition) is 6. The Morgan fingerprint density at radius 3 is 2.29 bits per heavy atom. The number of nitrogens with zero attached hydrogens (tertiary/aromatic N) is 1. The molecule has 1 aliphatic carbocycles. The Labute approximate surface area is 204 Å². The Bertz CT molecular complexity index is 1180. The van der Waals surface area contributed by atoms with Crippen molar-refractivity contribution in [1.29, 1.82) is 0 Å². The third-order valence-electron chi connectivity index (χ3n) is 6.39. The molecule has 2 aliphatic rings. The van der Waals surface area contributed by atoms with Gasteiger partial charge in [-0.1, -0.05) is 31.4 Å². The number of amides is 2. The third kappa shape index (κ3) is 5.31. The number of anilines is 1. The number of sulfonamides is 1. The Hall–Kier alpha value is -2.78. The molecule has 1 heterocycles. The van der Waals surface area contributed by atoms with Crippen molar-refractivity contribution in [2.24, 2.45) is 5.92 Å². The van der Waals surface area contributed by atoms with Crippen LogP contribution in [0, 0.1) is 5.92 Å². The van der Waals surface area contributed by atoms with Gasteiger partial charge >= 0.3 is 0 Å². The average Bonchev–Trinajstić information content (AvgIpc) is 3.12. The van der Waals surface area contributed by atoms with Crippen LogP contribution in [0.25, 0.3) is 6.08 Å². The molecule has 0 bridgehead atoms. The van der Waals surface area contributed by atoms with Crippen LogP contribution in [0.5, 0.6) is 5.75 Å². The van der Waals surface area contributed by atoms with Crippen molar-refractivity contribution >= 4 is 44.7 Å². The van der Waals surface area contributed by atoms with Crippen LogP contribution in [0.3, 0.4) is 0 Å². The molecule has 2 aromatic rings. The van der Waals surface area contributed by atoms with Gasteiger partial charge < -0.3 is 4.74 Å². The number of rotatable bonds is 7. The fourth-order valence-electron chi connectivity index (χ4n) is 4.43. The van der Waals surface area contributed by atoms with E-state index in [4.69, 9.17) is 4.74 Å². The minimum atomic E-state index is -3.75. The summed E-state index contributed by atoms with van der Waals surface area (Å²) in [5, 5.41) is -0.224. The predicted molar refractivity (Wildman–Crippen MR) is 134 cm³/mol. The fourth-order valence-corrected chi connectivity index (χ4v) is 6.40. The highest BCUT2D eigenvalue weighted by Crippen LogP contribution is 2.38. The lowest BCUT2D eigenvalue weighted by atomic mass is 9.84. The van der Waals surface area contributed by atoms with E-state index in [0.717, 1.165) is 37.4 Å². The molecule has 1 unspecified atom stereocenters. The zero-order chi connectivity index (χ0) is 24.3. The van der Waals surface area contributed by atoms with E-state index >= 15 is 0 Å². The van der Waals surface area contributed by atoms with Crippen molar-refractivity contribution in [3.05, 3.63) is 59.0 Å². The lowest BCUT2D eigenvalue weighted by Gasteiger charge is -2.32. The van der Waals surface area contributed by atoms with Crippen molar-refractivity contribution in [1.82, 2.24) is 4.90 Å².